The quantitative estimate of drug-likeness (QED) is 0.271. The third kappa shape index (κ3) is 10.8. The molecule has 0 unspecified atom stereocenters. The molecule has 1 aromatic carbocycles. The number of halogens is 1. The van der Waals surface area contributed by atoms with Gasteiger partial charge in [-0.1, -0.05) is 25.0 Å². The first-order valence-electron chi connectivity index (χ1n) is 9.02. The molecule has 0 aromatic heterocycles. The number of hydrogen-bond acceptors (Lipinski definition) is 4. The van der Waals surface area contributed by atoms with E-state index >= 15 is 0 Å². The number of benzene rings is 1. The van der Waals surface area contributed by atoms with Crippen LogP contribution in [0.4, 0.5) is 0 Å². The highest BCUT2D eigenvalue weighted by molar-refractivity contribution is 6.17. The van der Waals surface area contributed by atoms with Crippen LogP contribution in [0, 0.1) is 0 Å². The van der Waals surface area contributed by atoms with E-state index in [0.29, 0.717) is 44.0 Å². The van der Waals surface area contributed by atoms with Crippen molar-refractivity contribution in [2.24, 2.45) is 0 Å². The van der Waals surface area contributed by atoms with Crippen LogP contribution in [0.1, 0.15) is 56.9 Å². The van der Waals surface area contributed by atoms with Gasteiger partial charge in [0.05, 0.1) is 13.7 Å². The molecule has 4 nitrogen and oxygen atoms in total. The number of rotatable bonds is 14. The van der Waals surface area contributed by atoms with Crippen molar-refractivity contribution in [3.8, 4) is 5.75 Å². The molecule has 0 heterocycles. The number of carbonyl (C=O) groups is 2. The monoisotopic (exact) mass is 368 g/mol. The Bertz CT molecular complexity index is 499. The van der Waals surface area contributed by atoms with Crippen LogP contribution in [0.15, 0.2) is 24.3 Å². The maximum absolute atomic E-state index is 11.9. The highest BCUT2D eigenvalue weighted by Crippen LogP contribution is 2.13. The van der Waals surface area contributed by atoms with E-state index in [1.165, 1.54) is 0 Å². The zero-order valence-electron chi connectivity index (χ0n) is 15.1. The fraction of sp³-hybridized carbons (Fsp3) is 0.600. The lowest BCUT2D eigenvalue weighted by Crippen LogP contribution is -2.06. The predicted molar refractivity (Wildman–Crippen MR) is 100 cm³/mol. The van der Waals surface area contributed by atoms with Gasteiger partial charge in [0.2, 0.25) is 0 Å². The van der Waals surface area contributed by atoms with Crippen LogP contribution in [0.2, 0.25) is 0 Å². The maximum Gasteiger partial charge on any atom is 0.305 e. The summed E-state index contributed by atoms with van der Waals surface area (Å²) >= 11 is 5.52. The zero-order chi connectivity index (χ0) is 18.3. The Hall–Kier alpha value is -1.55. The van der Waals surface area contributed by atoms with Gasteiger partial charge in [-0.15, -0.1) is 11.6 Å². The molecule has 5 heteroatoms. The number of Topliss-reactive ketones (excluding diaryl/α,β-unsaturated/α-hetero) is 1. The molecule has 0 atom stereocenters. The number of ether oxygens (including phenoxy) is 2. The Morgan fingerprint density at radius 2 is 1.64 bits per heavy atom. The molecule has 140 valence electrons. The van der Waals surface area contributed by atoms with E-state index in [4.69, 9.17) is 21.1 Å². The minimum atomic E-state index is -0.172. The molecular formula is C20H29ClO4. The van der Waals surface area contributed by atoms with Gasteiger partial charge in [-0.2, -0.15) is 0 Å². The van der Waals surface area contributed by atoms with E-state index in [2.05, 4.69) is 0 Å². The van der Waals surface area contributed by atoms with E-state index in [1.807, 2.05) is 24.3 Å². The summed E-state index contributed by atoms with van der Waals surface area (Å²) in [6.07, 6.45) is 6.79. The van der Waals surface area contributed by atoms with Gasteiger partial charge in [-0.25, -0.2) is 0 Å². The molecule has 0 saturated carbocycles. The first-order valence-corrected chi connectivity index (χ1v) is 9.55. The lowest BCUT2D eigenvalue weighted by atomic mass is 10.0. The predicted octanol–water partition coefficient (Wildman–Crippen LogP) is 4.71. The number of ketones is 1. The van der Waals surface area contributed by atoms with Gasteiger partial charge >= 0.3 is 5.97 Å². The second-order valence-corrected chi connectivity index (χ2v) is 6.44. The lowest BCUT2D eigenvalue weighted by molar-refractivity contribution is -0.143. The minimum absolute atomic E-state index is 0.172. The Kier molecular flexibility index (Phi) is 11.8. The van der Waals surface area contributed by atoms with Gasteiger partial charge in [0.1, 0.15) is 11.5 Å². The van der Waals surface area contributed by atoms with Crippen molar-refractivity contribution in [3.63, 3.8) is 0 Å². The average Bonchev–Trinajstić information content (AvgIpc) is 2.64. The summed E-state index contributed by atoms with van der Waals surface area (Å²) in [7, 11) is 1.64. The number of hydrogen-bond donors (Lipinski definition) is 0. The molecule has 1 rings (SSSR count). The van der Waals surface area contributed by atoms with Crippen LogP contribution < -0.4 is 4.74 Å². The molecule has 0 aliphatic carbocycles. The lowest BCUT2D eigenvalue weighted by Gasteiger charge is -2.05. The van der Waals surface area contributed by atoms with Gasteiger partial charge < -0.3 is 9.47 Å². The fourth-order valence-corrected chi connectivity index (χ4v) is 2.58. The van der Waals surface area contributed by atoms with Crippen molar-refractivity contribution in [1.29, 1.82) is 0 Å². The largest absolute Gasteiger partial charge is 0.497 e. The summed E-state index contributed by atoms with van der Waals surface area (Å²) in [5, 5.41) is 0. The molecular weight excluding hydrogens is 340 g/mol. The van der Waals surface area contributed by atoms with E-state index < -0.39 is 0 Å². The molecule has 25 heavy (non-hydrogen) atoms. The van der Waals surface area contributed by atoms with Gasteiger partial charge in [0.25, 0.3) is 0 Å². The number of aryl methyl sites for hydroxylation is 1. The third-order valence-corrected chi connectivity index (χ3v) is 4.25. The van der Waals surface area contributed by atoms with Crippen LogP contribution in [0.3, 0.4) is 0 Å². The molecule has 0 fully saturated rings. The summed E-state index contributed by atoms with van der Waals surface area (Å²) in [4.78, 5) is 23.2. The third-order valence-electron chi connectivity index (χ3n) is 3.98. The molecule has 0 radical (unpaired) electrons. The summed E-state index contributed by atoms with van der Waals surface area (Å²) in [5.41, 5.74) is 1.16. The number of methoxy groups -OCH3 is 1. The highest BCUT2D eigenvalue weighted by atomic mass is 35.5. The fourth-order valence-electron chi connectivity index (χ4n) is 2.45. The SMILES string of the molecule is COc1ccc(CCC(=O)CCCCCCOC(=O)CCCCl)cc1. The van der Waals surface area contributed by atoms with Crippen LogP contribution in [0.25, 0.3) is 0 Å². The van der Waals surface area contributed by atoms with Crippen molar-refractivity contribution in [1.82, 2.24) is 0 Å². The highest BCUT2D eigenvalue weighted by Gasteiger charge is 2.04. The van der Waals surface area contributed by atoms with E-state index in [-0.39, 0.29) is 5.97 Å². The number of alkyl halides is 1. The molecule has 0 aliphatic heterocycles. The summed E-state index contributed by atoms with van der Waals surface area (Å²) in [6, 6.07) is 7.84. The van der Waals surface area contributed by atoms with Crippen LogP contribution in [0.5, 0.6) is 5.75 Å². The second kappa shape index (κ2) is 13.7. The van der Waals surface area contributed by atoms with Gasteiger partial charge in [-0.3, -0.25) is 9.59 Å². The van der Waals surface area contributed by atoms with E-state index in [1.54, 1.807) is 7.11 Å². The molecule has 1 aromatic rings. The number of unbranched alkanes of at least 4 members (excludes halogenated alkanes) is 3. The molecule has 0 amide bonds. The van der Waals surface area contributed by atoms with Gasteiger partial charge in [-0.05, 0) is 43.4 Å². The van der Waals surface area contributed by atoms with Crippen molar-refractivity contribution < 1.29 is 19.1 Å². The summed E-state index contributed by atoms with van der Waals surface area (Å²) < 4.78 is 10.2. The molecule has 0 bridgehead atoms. The van der Waals surface area contributed by atoms with Crippen molar-refractivity contribution in [2.75, 3.05) is 19.6 Å². The molecule has 0 saturated heterocycles. The Labute approximate surface area is 155 Å². The smallest absolute Gasteiger partial charge is 0.305 e. The molecule has 0 N–H and O–H groups in total. The zero-order valence-corrected chi connectivity index (χ0v) is 15.9. The Morgan fingerprint density at radius 3 is 2.32 bits per heavy atom. The first kappa shape index (κ1) is 21.5. The average molecular weight is 369 g/mol. The van der Waals surface area contributed by atoms with Gasteiger partial charge in [0, 0.05) is 25.1 Å². The number of carbonyl (C=O) groups excluding carboxylic acids is 2. The van der Waals surface area contributed by atoms with Crippen molar-refractivity contribution in [2.45, 2.75) is 57.8 Å². The van der Waals surface area contributed by atoms with E-state index in [0.717, 1.165) is 43.4 Å². The normalized spacial score (nSPS) is 10.5. The Balaban J connectivity index is 1.98. The summed E-state index contributed by atoms with van der Waals surface area (Å²) in [6.45, 7) is 0.465. The molecule has 0 aliphatic rings. The van der Waals surface area contributed by atoms with E-state index in [9.17, 15) is 9.59 Å². The minimum Gasteiger partial charge on any atom is -0.497 e. The maximum atomic E-state index is 11.9. The second-order valence-electron chi connectivity index (χ2n) is 6.06. The molecule has 0 spiro atoms. The van der Waals surface area contributed by atoms with Crippen molar-refractivity contribution >= 4 is 23.4 Å². The standard InChI is InChI=1S/C20H29ClO4/c1-24-19-13-10-17(11-14-19)9-12-18(22)7-4-2-3-5-16-25-20(23)8-6-15-21/h10-11,13-14H,2-9,12,15-16H2,1H3. The topological polar surface area (TPSA) is 52.6 Å². The Morgan fingerprint density at radius 1 is 0.920 bits per heavy atom. The van der Waals surface area contributed by atoms with Crippen molar-refractivity contribution in [3.05, 3.63) is 29.8 Å². The van der Waals surface area contributed by atoms with Gasteiger partial charge in [0.15, 0.2) is 0 Å². The first-order chi connectivity index (χ1) is 12.2. The van der Waals surface area contributed by atoms with Crippen LogP contribution in [-0.4, -0.2) is 31.3 Å². The number of esters is 1. The van der Waals surface area contributed by atoms with Crippen LogP contribution in [-0.2, 0) is 20.7 Å². The van der Waals surface area contributed by atoms with Crippen LogP contribution >= 0.6 is 11.6 Å². The summed E-state index contributed by atoms with van der Waals surface area (Å²) in [5.74, 6) is 1.46.